The summed E-state index contributed by atoms with van der Waals surface area (Å²) in [6, 6.07) is 17.7. The van der Waals surface area contributed by atoms with Crippen LogP contribution in [0.25, 0.3) is 10.8 Å². The predicted molar refractivity (Wildman–Crippen MR) is 87.9 cm³/mol. The van der Waals surface area contributed by atoms with Crippen molar-refractivity contribution in [3.63, 3.8) is 0 Å². The molecule has 3 aromatic rings. The van der Waals surface area contributed by atoms with E-state index in [2.05, 4.69) is 4.72 Å². The Bertz CT molecular complexity index is 1000. The number of fused-ring (bicyclic) bond motifs is 1. The zero-order chi connectivity index (χ0) is 16.4. The lowest BCUT2D eigenvalue weighted by Gasteiger charge is -2.09. The third kappa shape index (κ3) is 3.00. The topological polar surface area (TPSA) is 89.3 Å². The van der Waals surface area contributed by atoms with Crippen LogP contribution in [0.5, 0.6) is 0 Å². The van der Waals surface area contributed by atoms with Crippen molar-refractivity contribution in [2.24, 2.45) is 0 Å². The molecule has 23 heavy (non-hydrogen) atoms. The number of benzene rings is 3. The first-order chi connectivity index (χ1) is 11.0. The highest BCUT2D eigenvalue weighted by Gasteiger charge is 2.20. The minimum Gasteiger partial charge on any atom is -0.273 e. The van der Waals surface area contributed by atoms with Gasteiger partial charge in [0.15, 0.2) is 0 Å². The van der Waals surface area contributed by atoms with Gasteiger partial charge in [0.05, 0.1) is 9.82 Å². The summed E-state index contributed by atoms with van der Waals surface area (Å²) in [7, 11) is -3.92. The van der Waals surface area contributed by atoms with E-state index in [1.165, 1.54) is 36.4 Å². The molecule has 3 rings (SSSR count). The number of hydrogen-bond acceptors (Lipinski definition) is 4. The quantitative estimate of drug-likeness (QED) is 0.586. The predicted octanol–water partition coefficient (Wildman–Crippen LogP) is 3.55. The van der Waals surface area contributed by atoms with E-state index in [1.54, 1.807) is 12.1 Å². The normalized spacial score (nSPS) is 11.3. The number of nitro benzene ring substituents is 1. The van der Waals surface area contributed by atoms with Crippen LogP contribution in [0.1, 0.15) is 0 Å². The lowest BCUT2D eigenvalue weighted by molar-refractivity contribution is -0.383. The Morgan fingerprint density at radius 3 is 2.26 bits per heavy atom. The highest BCUT2D eigenvalue weighted by molar-refractivity contribution is 7.92. The van der Waals surface area contributed by atoms with E-state index in [1.807, 2.05) is 18.2 Å². The second-order valence-electron chi connectivity index (χ2n) is 4.89. The maximum absolute atomic E-state index is 12.5. The van der Waals surface area contributed by atoms with Gasteiger partial charge in [0.25, 0.3) is 15.7 Å². The molecular formula is C16H12N2O4S. The number of hydrogen-bond donors (Lipinski definition) is 1. The average Bonchev–Trinajstić information content (AvgIpc) is 2.54. The number of anilines is 1. The number of nitrogens with one attached hydrogen (secondary N) is 1. The van der Waals surface area contributed by atoms with Crippen LogP contribution >= 0.6 is 0 Å². The molecule has 0 saturated carbocycles. The van der Waals surface area contributed by atoms with Crippen molar-refractivity contribution >= 4 is 32.2 Å². The summed E-state index contributed by atoms with van der Waals surface area (Å²) in [5, 5.41) is 12.7. The number of rotatable bonds is 4. The Hall–Kier alpha value is -2.93. The molecule has 0 amide bonds. The highest BCUT2D eigenvalue weighted by Crippen LogP contribution is 2.27. The third-order valence-electron chi connectivity index (χ3n) is 3.38. The monoisotopic (exact) mass is 328 g/mol. The van der Waals surface area contributed by atoms with Crippen molar-refractivity contribution in [1.29, 1.82) is 0 Å². The number of nitro groups is 1. The summed E-state index contributed by atoms with van der Waals surface area (Å²) in [5.41, 5.74) is -0.359. The smallest absolute Gasteiger partial charge is 0.273 e. The molecule has 0 aliphatic rings. The van der Waals surface area contributed by atoms with Crippen molar-refractivity contribution in [2.75, 3.05) is 4.72 Å². The molecule has 0 aliphatic carbocycles. The summed E-state index contributed by atoms with van der Waals surface area (Å²) in [6.45, 7) is 0. The van der Waals surface area contributed by atoms with Gasteiger partial charge < -0.3 is 0 Å². The van der Waals surface area contributed by atoms with E-state index in [-0.39, 0.29) is 16.3 Å². The summed E-state index contributed by atoms with van der Waals surface area (Å²) in [5.74, 6) is 0. The van der Waals surface area contributed by atoms with Crippen LogP contribution in [0.3, 0.4) is 0 Å². The zero-order valence-electron chi connectivity index (χ0n) is 11.8. The lowest BCUT2D eigenvalue weighted by Crippen LogP contribution is -2.14. The molecule has 1 N–H and O–H groups in total. The molecule has 0 heterocycles. The van der Waals surface area contributed by atoms with Crippen molar-refractivity contribution < 1.29 is 13.3 Å². The van der Waals surface area contributed by atoms with Gasteiger partial charge in [0.1, 0.15) is 5.69 Å². The molecule has 0 radical (unpaired) electrons. The van der Waals surface area contributed by atoms with E-state index in [4.69, 9.17) is 0 Å². The van der Waals surface area contributed by atoms with E-state index in [0.717, 1.165) is 10.8 Å². The molecule has 0 spiro atoms. The number of para-hydroxylation sites is 2. The van der Waals surface area contributed by atoms with Gasteiger partial charge in [-0.3, -0.25) is 14.8 Å². The summed E-state index contributed by atoms with van der Waals surface area (Å²) >= 11 is 0. The molecule has 3 aromatic carbocycles. The van der Waals surface area contributed by atoms with Gasteiger partial charge in [0, 0.05) is 6.07 Å². The molecule has 0 fully saturated rings. The zero-order valence-corrected chi connectivity index (χ0v) is 12.7. The Morgan fingerprint density at radius 1 is 0.870 bits per heavy atom. The van der Waals surface area contributed by atoms with Crippen LogP contribution in [0.4, 0.5) is 11.4 Å². The standard InChI is InChI=1S/C16H12N2O4S/c19-18(20)16-8-4-3-7-15(16)17-23(21,22)14-10-9-12-5-1-2-6-13(12)11-14/h1-11,17H. The molecule has 0 bridgehead atoms. The second kappa shape index (κ2) is 5.69. The Kier molecular flexibility index (Phi) is 3.71. The van der Waals surface area contributed by atoms with Crippen LogP contribution in [0.15, 0.2) is 71.6 Å². The molecule has 7 heteroatoms. The highest BCUT2D eigenvalue weighted by atomic mass is 32.2. The van der Waals surface area contributed by atoms with Gasteiger partial charge >= 0.3 is 0 Å². The van der Waals surface area contributed by atoms with Crippen molar-refractivity contribution in [3.8, 4) is 0 Å². The van der Waals surface area contributed by atoms with Gasteiger partial charge in [-0.2, -0.15) is 0 Å². The Morgan fingerprint density at radius 2 is 1.52 bits per heavy atom. The molecule has 0 aliphatic heterocycles. The van der Waals surface area contributed by atoms with E-state index < -0.39 is 14.9 Å². The van der Waals surface area contributed by atoms with E-state index in [0.29, 0.717) is 0 Å². The van der Waals surface area contributed by atoms with Crippen LogP contribution in [-0.4, -0.2) is 13.3 Å². The van der Waals surface area contributed by atoms with E-state index in [9.17, 15) is 18.5 Å². The second-order valence-corrected chi connectivity index (χ2v) is 6.57. The summed E-state index contributed by atoms with van der Waals surface area (Å²) < 4.78 is 27.3. The molecule has 0 atom stereocenters. The minimum absolute atomic E-state index is 0.0503. The number of sulfonamides is 1. The first-order valence-electron chi connectivity index (χ1n) is 6.72. The average molecular weight is 328 g/mol. The Labute approximate surface area is 132 Å². The van der Waals surface area contributed by atoms with Gasteiger partial charge in [-0.25, -0.2) is 8.42 Å². The maximum atomic E-state index is 12.5. The summed E-state index contributed by atoms with van der Waals surface area (Å²) in [6.07, 6.45) is 0. The van der Waals surface area contributed by atoms with Crippen LogP contribution in [0, 0.1) is 10.1 Å². The van der Waals surface area contributed by atoms with Gasteiger partial charge in [-0.05, 0) is 29.0 Å². The van der Waals surface area contributed by atoms with Crippen molar-refractivity contribution in [2.45, 2.75) is 4.90 Å². The first kappa shape index (κ1) is 15.0. The maximum Gasteiger partial charge on any atom is 0.293 e. The number of nitrogens with zero attached hydrogens (tertiary/aromatic N) is 1. The fourth-order valence-electron chi connectivity index (χ4n) is 2.26. The summed E-state index contributed by atoms with van der Waals surface area (Å²) in [4.78, 5) is 10.4. The molecule has 0 unspecified atom stereocenters. The fourth-order valence-corrected chi connectivity index (χ4v) is 3.37. The van der Waals surface area contributed by atoms with Crippen LogP contribution in [-0.2, 0) is 10.0 Å². The molecule has 116 valence electrons. The van der Waals surface area contributed by atoms with Gasteiger partial charge in [-0.15, -0.1) is 0 Å². The van der Waals surface area contributed by atoms with Gasteiger partial charge in [-0.1, -0.05) is 42.5 Å². The van der Waals surface area contributed by atoms with Crippen LogP contribution in [0.2, 0.25) is 0 Å². The van der Waals surface area contributed by atoms with Crippen LogP contribution < -0.4 is 4.72 Å². The molecule has 0 saturated heterocycles. The van der Waals surface area contributed by atoms with Crippen molar-refractivity contribution in [3.05, 3.63) is 76.8 Å². The molecular weight excluding hydrogens is 316 g/mol. The fraction of sp³-hybridized carbons (Fsp3) is 0. The minimum atomic E-state index is -3.92. The van der Waals surface area contributed by atoms with Crippen molar-refractivity contribution in [1.82, 2.24) is 0 Å². The molecule has 6 nitrogen and oxygen atoms in total. The first-order valence-corrected chi connectivity index (χ1v) is 8.21. The van der Waals surface area contributed by atoms with E-state index >= 15 is 0 Å². The molecule has 0 aromatic heterocycles. The van der Waals surface area contributed by atoms with Gasteiger partial charge in [0.2, 0.25) is 0 Å². The SMILES string of the molecule is O=[N+]([O-])c1ccccc1NS(=O)(=O)c1ccc2ccccc2c1. The lowest BCUT2D eigenvalue weighted by atomic mass is 10.1. The largest absolute Gasteiger partial charge is 0.293 e. The third-order valence-corrected chi connectivity index (χ3v) is 4.74. The Balaban J connectivity index is 2.03.